The SMILES string of the molecule is Cc1ccc(OCC(N)(C#N)c2ccccc2)cc1C. The average Bonchev–Trinajstić information content (AvgIpc) is 2.49. The number of hydrogen-bond acceptors (Lipinski definition) is 3. The second kappa shape index (κ2) is 5.77. The lowest BCUT2D eigenvalue weighted by Crippen LogP contribution is -2.41. The molecule has 2 N–H and O–H groups in total. The molecule has 2 aromatic carbocycles. The van der Waals surface area contributed by atoms with Gasteiger partial charge in [0.15, 0.2) is 5.54 Å². The van der Waals surface area contributed by atoms with Gasteiger partial charge >= 0.3 is 0 Å². The van der Waals surface area contributed by atoms with E-state index in [-0.39, 0.29) is 6.61 Å². The minimum absolute atomic E-state index is 0.121. The summed E-state index contributed by atoms with van der Waals surface area (Å²) in [4.78, 5) is 0. The first-order chi connectivity index (χ1) is 9.55. The Kier molecular flexibility index (Phi) is 4.07. The first-order valence-corrected chi connectivity index (χ1v) is 6.51. The Morgan fingerprint density at radius 1 is 1.10 bits per heavy atom. The molecule has 3 heteroatoms. The number of nitriles is 1. The van der Waals surface area contributed by atoms with Gasteiger partial charge in [-0.25, -0.2) is 0 Å². The molecule has 20 heavy (non-hydrogen) atoms. The number of aryl methyl sites for hydroxylation is 2. The molecule has 102 valence electrons. The van der Waals surface area contributed by atoms with Crippen LogP contribution >= 0.6 is 0 Å². The molecule has 0 aliphatic carbocycles. The van der Waals surface area contributed by atoms with Crippen molar-refractivity contribution in [3.8, 4) is 11.8 Å². The molecule has 0 bridgehead atoms. The first-order valence-electron chi connectivity index (χ1n) is 6.51. The minimum Gasteiger partial charge on any atom is -0.490 e. The van der Waals surface area contributed by atoms with Crippen LogP contribution in [0.5, 0.6) is 5.75 Å². The third-order valence-corrected chi connectivity index (χ3v) is 3.43. The number of rotatable bonds is 4. The van der Waals surface area contributed by atoms with Gasteiger partial charge in [-0.05, 0) is 42.7 Å². The zero-order chi connectivity index (χ0) is 14.6. The molecule has 0 heterocycles. The highest BCUT2D eigenvalue weighted by Crippen LogP contribution is 2.21. The number of nitrogens with two attached hydrogens (primary N) is 1. The fourth-order valence-electron chi connectivity index (χ4n) is 1.92. The van der Waals surface area contributed by atoms with Crippen molar-refractivity contribution in [2.24, 2.45) is 5.73 Å². The van der Waals surface area contributed by atoms with E-state index in [1.165, 1.54) is 5.56 Å². The van der Waals surface area contributed by atoms with Crippen molar-refractivity contribution in [1.82, 2.24) is 0 Å². The van der Waals surface area contributed by atoms with Gasteiger partial charge in [0.2, 0.25) is 0 Å². The summed E-state index contributed by atoms with van der Waals surface area (Å²) in [6.45, 7) is 4.20. The number of ether oxygens (including phenoxy) is 1. The summed E-state index contributed by atoms with van der Waals surface area (Å²) >= 11 is 0. The van der Waals surface area contributed by atoms with Crippen LogP contribution in [-0.4, -0.2) is 6.61 Å². The zero-order valence-electron chi connectivity index (χ0n) is 11.8. The Morgan fingerprint density at radius 2 is 1.80 bits per heavy atom. The Hall–Kier alpha value is -2.31. The highest BCUT2D eigenvalue weighted by Gasteiger charge is 2.28. The summed E-state index contributed by atoms with van der Waals surface area (Å²) in [6, 6.07) is 17.3. The van der Waals surface area contributed by atoms with Crippen LogP contribution in [0.25, 0.3) is 0 Å². The predicted octanol–water partition coefficient (Wildman–Crippen LogP) is 3.06. The first kappa shape index (κ1) is 14.1. The molecule has 0 saturated carbocycles. The Labute approximate surface area is 119 Å². The van der Waals surface area contributed by atoms with Gasteiger partial charge in [-0.1, -0.05) is 36.4 Å². The van der Waals surface area contributed by atoms with Crippen molar-refractivity contribution in [2.75, 3.05) is 6.61 Å². The van der Waals surface area contributed by atoms with E-state index in [1.807, 2.05) is 62.4 Å². The van der Waals surface area contributed by atoms with Gasteiger partial charge in [0.05, 0.1) is 6.07 Å². The van der Waals surface area contributed by atoms with E-state index in [1.54, 1.807) is 0 Å². The molecule has 0 aliphatic heterocycles. The Balaban J connectivity index is 2.15. The van der Waals surface area contributed by atoms with Crippen LogP contribution in [0.15, 0.2) is 48.5 Å². The molecule has 2 rings (SSSR count). The number of nitrogens with zero attached hydrogens (tertiary/aromatic N) is 1. The lowest BCUT2D eigenvalue weighted by molar-refractivity contribution is 0.255. The fraction of sp³-hybridized carbons (Fsp3) is 0.235. The van der Waals surface area contributed by atoms with Gasteiger partial charge in [-0.2, -0.15) is 5.26 Å². The largest absolute Gasteiger partial charge is 0.490 e. The van der Waals surface area contributed by atoms with E-state index in [0.717, 1.165) is 16.9 Å². The van der Waals surface area contributed by atoms with E-state index in [9.17, 15) is 5.26 Å². The summed E-state index contributed by atoms with van der Waals surface area (Å²) < 4.78 is 5.70. The van der Waals surface area contributed by atoms with Gasteiger partial charge in [0, 0.05) is 0 Å². The molecular weight excluding hydrogens is 248 g/mol. The molecular formula is C17H18N2O. The summed E-state index contributed by atoms with van der Waals surface area (Å²) in [5.74, 6) is 0.731. The van der Waals surface area contributed by atoms with Crippen LogP contribution in [-0.2, 0) is 5.54 Å². The second-order valence-electron chi connectivity index (χ2n) is 4.98. The summed E-state index contributed by atoms with van der Waals surface area (Å²) in [5.41, 5.74) is 8.13. The van der Waals surface area contributed by atoms with Crippen molar-refractivity contribution in [3.05, 3.63) is 65.2 Å². The molecule has 0 aliphatic rings. The smallest absolute Gasteiger partial charge is 0.164 e. The van der Waals surface area contributed by atoms with E-state index in [0.29, 0.717) is 0 Å². The molecule has 0 radical (unpaired) electrons. The fourth-order valence-corrected chi connectivity index (χ4v) is 1.92. The minimum atomic E-state index is -1.14. The van der Waals surface area contributed by atoms with Crippen molar-refractivity contribution < 1.29 is 4.74 Å². The van der Waals surface area contributed by atoms with E-state index in [2.05, 4.69) is 6.07 Å². The zero-order valence-corrected chi connectivity index (χ0v) is 11.8. The van der Waals surface area contributed by atoms with Gasteiger partial charge in [-0.15, -0.1) is 0 Å². The van der Waals surface area contributed by atoms with Crippen LogP contribution in [0.1, 0.15) is 16.7 Å². The van der Waals surface area contributed by atoms with Crippen molar-refractivity contribution in [3.63, 3.8) is 0 Å². The van der Waals surface area contributed by atoms with Crippen LogP contribution in [0, 0.1) is 25.2 Å². The summed E-state index contributed by atoms with van der Waals surface area (Å²) in [5, 5.41) is 9.36. The highest BCUT2D eigenvalue weighted by atomic mass is 16.5. The predicted molar refractivity (Wildman–Crippen MR) is 79.3 cm³/mol. The van der Waals surface area contributed by atoms with Crippen molar-refractivity contribution >= 4 is 0 Å². The van der Waals surface area contributed by atoms with E-state index < -0.39 is 5.54 Å². The third-order valence-electron chi connectivity index (χ3n) is 3.43. The molecule has 3 nitrogen and oxygen atoms in total. The third kappa shape index (κ3) is 2.98. The molecule has 0 aromatic heterocycles. The van der Waals surface area contributed by atoms with Crippen molar-refractivity contribution in [2.45, 2.75) is 19.4 Å². The van der Waals surface area contributed by atoms with E-state index >= 15 is 0 Å². The topological polar surface area (TPSA) is 59.0 Å². The maximum absolute atomic E-state index is 9.36. The molecule has 0 amide bonds. The lowest BCUT2D eigenvalue weighted by Gasteiger charge is -2.22. The maximum Gasteiger partial charge on any atom is 0.164 e. The van der Waals surface area contributed by atoms with E-state index in [4.69, 9.17) is 10.5 Å². The van der Waals surface area contributed by atoms with Crippen LogP contribution in [0.4, 0.5) is 0 Å². The summed E-state index contributed by atoms with van der Waals surface area (Å²) in [7, 11) is 0. The molecule has 1 unspecified atom stereocenters. The molecule has 1 atom stereocenters. The number of benzene rings is 2. The highest BCUT2D eigenvalue weighted by molar-refractivity contribution is 5.35. The Bertz CT molecular complexity index is 631. The molecule has 0 saturated heterocycles. The normalized spacial score (nSPS) is 13.3. The van der Waals surface area contributed by atoms with Gasteiger partial charge in [0.1, 0.15) is 12.4 Å². The maximum atomic E-state index is 9.36. The van der Waals surface area contributed by atoms with Crippen molar-refractivity contribution in [1.29, 1.82) is 5.26 Å². The van der Waals surface area contributed by atoms with Gasteiger partial charge in [-0.3, -0.25) is 0 Å². The van der Waals surface area contributed by atoms with Crippen LogP contribution in [0.3, 0.4) is 0 Å². The van der Waals surface area contributed by atoms with Gasteiger partial charge < -0.3 is 10.5 Å². The molecule has 0 fully saturated rings. The lowest BCUT2D eigenvalue weighted by atomic mass is 9.94. The van der Waals surface area contributed by atoms with Crippen LogP contribution in [0.2, 0.25) is 0 Å². The second-order valence-corrected chi connectivity index (χ2v) is 4.98. The Morgan fingerprint density at radius 3 is 2.40 bits per heavy atom. The summed E-state index contributed by atoms with van der Waals surface area (Å²) in [6.07, 6.45) is 0. The average molecular weight is 266 g/mol. The quantitative estimate of drug-likeness (QED) is 0.925. The standard InChI is InChI=1S/C17H18N2O/c1-13-8-9-16(10-14(13)2)20-12-17(19,11-18)15-6-4-3-5-7-15/h3-10H,12,19H2,1-2H3. The number of hydrogen-bond donors (Lipinski definition) is 1. The molecule has 0 spiro atoms. The van der Waals surface area contributed by atoms with Gasteiger partial charge in [0.25, 0.3) is 0 Å². The monoisotopic (exact) mass is 266 g/mol. The van der Waals surface area contributed by atoms with Crippen LogP contribution < -0.4 is 10.5 Å². The molecule has 2 aromatic rings.